The van der Waals surface area contributed by atoms with Crippen molar-refractivity contribution in [3.05, 3.63) is 46.1 Å². The molecule has 0 amide bonds. The molecule has 0 bridgehead atoms. The van der Waals surface area contributed by atoms with Gasteiger partial charge in [0.05, 0.1) is 23.0 Å². The molecular formula is C19H24N6O5S. The van der Waals surface area contributed by atoms with Crippen molar-refractivity contribution in [1.82, 2.24) is 14.3 Å². The van der Waals surface area contributed by atoms with Crippen LogP contribution in [0.3, 0.4) is 0 Å². The highest BCUT2D eigenvalue weighted by Crippen LogP contribution is 2.24. The van der Waals surface area contributed by atoms with Gasteiger partial charge in [0.25, 0.3) is 5.69 Å². The number of ether oxygens (including phenoxy) is 1. The number of benzene rings is 1. The minimum atomic E-state index is -3.82. The van der Waals surface area contributed by atoms with E-state index in [4.69, 9.17) is 9.72 Å². The molecule has 12 heteroatoms. The van der Waals surface area contributed by atoms with E-state index in [-0.39, 0.29) is 23.7 Å². The van der Waals surface area contributed by atoms with E-state index >= 15 is 0 Å². The lowest BCUT2D eigenvalue weighted by Crippen LogP contribution is -2.49. The average molecular weight is 449 g/mol. The second-order valence-electron chi connectivity index (χ2n) is 7.41. The van der Waals surface area contributed by atoms with Crippen LogP contribution in [0, 0.1) is 17.0 Å². The summed E-state index contributed by atoms with van der Waals surface area (Å²) in [6.45, 7) is 6.12. The van der Waals surface area contributed by atoms with Crippen molar-refractivity contribution in [2.75, 3.05) is 62.3 Å². The molecule has 0 N–H and O–H groups in total. The standard InChI is InChI=1S/C19H24N6O5S/c1-15-13-18(22-9-11-30-12-10-22)21-19(20-15)23-5-7-24(8-6-23)31(28,29)17-4-2-3-16(14-17)25(26)27/h2-4,13-14H,5-12H2,1H3. The summed E-state index contributed by atoms with van der Waals surface area (Å²) in [6.07, 6.45) is 0. The third-order valence-corrected chi connectivity index (χ3v) is 7.25. The van der Waals surface area contributed by atoms with Crippen molar-refractivity contribution in [1.29, 1.82) is 0 Å². The van der Waals surface area contributed by atoms with E-state index in [1.54, 1.807) is 0 Å². The summed E-state index contributed by atoms with van der Waals surface area (Å²) in [5.74, 6) is 1.42. The number of nitro benzene ring substituents is 1. The predicted octanol–water partition coefficient (Wildman–Crippen LogP) is 1.04. The van der Waals surface area contributed by atoms with Crippen LogP contribution >= 0.6 is 0 Å². The van der Waals surface area contributed by atoms with Crippen LogP contribution in [0.1, 0.15) is 5.69 Å². The third-order valence-electron chi connectivity index (χ3n) is 5.35. The number of hydrogen-bond donors (Lipinski definition) is 0. The summed E-state index contributed by atoms with van der Waals surface area (Å²) in [4.78, 5) is 23.7. The number of aromatic nitrogens is 2. The molecule has 0 saturated carbocycles. The zero-order valence-corrected chi connectivity index (χ0v) is 18.0. The van der Waals surface area contributed by atoms with Gasteiger partial charge in [0.1, 0.15) is 5.82 Å². The van der Waals surface area contributed by atoms with Gasteiger partial charge < -0.3 is 14.5 Å². The van der Waals surface area contributed by atoms with Gasteiger partial charge in [0.2, 0.25) is 16.0 Å². The highest BCUT2D eigenvalue weighted by atomic mass is 32.2. The van der Waals surface area contributed by atoms with Gasteiger partial charge in [-0.05, 0) is 13.0 Å². The van der Waals surface area contributed by atoms with Gasteiger partial charge in [-0.2, -0.15) is 9.29 Å². The Morgan fingerprint density at radius 1 is 1.00 bits per heavy atom. The van der Waals surface area contributed by atoms with Crippen LogP contribution < -0.4 is 9.80 Å². The van der Waals surface area contributed by atoms with E-state index in [0.29, 0.717) is 32.3 Å². The van der Waals surface area contributed by atoms with Gasteiger partial charge in [-0.15, -0.1) is 0 Å². The van der Waals surface area contributed by atoms with Crippen molar-refractivity contribution < 1.29 is 18.1 Å². The van der Waals surface area contributed by atoms with E-state index in [1.807, 2.05) is 17.9 Å². The number of rotatable bonds is 5. The Morgan fingerprint density at radius 3 is 2.39 bits per heavy atom. The highest BCUT2D eigenvalue weighted by Gasteiger charge is 2.30. The molecule has 4 rings (SSSR count). The number of hydrogen-bond acceptors (Lipinski definition) is 9. The van der Waals surface area contributed by atoms with Crippen LogP contribution in [-0.4, -0.2) is 80.1 Å². The first-order chi connectivity index (χ1) is 14.8. The number of non-ortho nitro benzene ring substituents is 1. The fraction of sp³-hybridized carbons (Fsp3) is 0.474. The lowest BCUT2D eigenvalue weighted by molar-refractivity contribution is -0.385. The summed E-state index contributed by atoms with van der Waals surface area (Å²) in [6, 6.07) is 7.08. The van der Waals surface area contributed by atoms with Crippen molar-refractivity contribution in [2.45, 2.75) is 11.8 Å². The first kappa shape index (κ1) is 21.4. The maximum atomic E-state index is 13.0. The molecule has 11 nitrogen and oxygen atoms in total. The van der Waals surface area contributed by atoms with Gasteiger partial charge in [-0.1, -0.05) is 6.07 Å². The number of nitrogens with zero attached hydrogens (tertiary/aromatic N) is 6. The summed E-state index contributed by atoms with van der Waals surface area (Å²) < 4.78 is 32.7. The van der Waals surface area contributed by atoms with E-state index in [0.717, 1.165) is 30.7 Å². The Kier molecular flexibility index (Phi) is 6.03. The molecule has 2 fully saturated rings. The summed E-state index contributed by atoms with van der Waals surface area (Å²) in [7, 11) is -3.82. The molecule has 3 heterocycles. The number of piperazine rings is 1. The van der Waals surface area contributed by atoms with Gasteiger partial charge in [0, 0.05) is 63.2 Å². The van der Waals surface area contributed by atoms with Gasteiger partial charge in [0.15, 0.2) is 0 Å². The second-order valence-corrected chi connectivity index (χ2v) is 9.35. The minimum absolute atomic E-state index is 0.0726. The lowest BCUT2D eigenvalue weighted by atomic mass is 10.3. The molecule has 0 radical (unpaired) electrons. The molecule has 0 unspecified atom stereocenters. The van der Waals surface area contributed by atoms with Crippen LogP contribution in [0.2, 0.25) is 0 Å². The van der Waals surface area contributed by atoms with E-state index in [1.165, 1.54) is 22.5 Å². The Hall–Kier alpha value is -2.83. The van der Waals surface area contributed by atoms with Crippen LogP contribution in [0.25, 0.3) is 0 Å². The molecule has 166 valence electrons. The lowest BCUT2D eigenvalue weighted by Gasteiger charge is -2.35. The number of anilines is 2. The van der Waals surface area contributed by atoms with Crippen LogP contribution in [0.15, 0.2) is 35.2 Å². The smallest absolute Gasteiger partial charge is 0.270 e. The summed E-state index contributed by atoms with van der Waals surface area (Å²) >= 11 is 0. The number of morpholine rings is 1. The minimum Gasteiger partial charge on any atom is -0.378 e. The molecule has 2 saturated heterocycles. The monoisotopic (exact) mass is 448 g/mol. The normalized spacial score (nSPS) is 18.2. The van der Waals surface area contributed by atoms with Crippen molar-refractivity contribution in [3.63, 3.8) is 0 Å². The number of sulfonamides is 1. The number of nitro groups is 1. The van der Waals surface area contributed by atoms with Gasteiger partial charge >= 0.3 is 0 Å². The maximum Gasteiger partial charge on any atom is 0.270 e. The molecule has 2 aromatic rings. The first-order valence-corrected chi connectivity index (χ1v) is 11.5. The fourth-order valence-electron chi connectivity index (χ4n) is 3.67. The average Bonchev–Trinajstić information content (AvgIpc) is 2.79. The van der Waals surface area contributed by atoms with E-state index in [9.17, 15) is 18.5 Å². The van der Waals surface area contributed by atoms with Crippen LogP contribution in [0.4, 0.5) is 17.5 Å². The highest BCUT2D eigenvalue weighted by molar-refractivity contribution is 7.89. The fourth-order valence-corrected chi connectivity index (χ4v) is 5.13. The van der Waals surface area contributed by atoms with Gasteiger partial charge in [-0.3, -0.25) is 10.1 Å². The summed E-state index contributed by atoms with van der Waals surface area (Å²) in [5.41, 5.74) is 0.599. The zero-order chi connectivity index (χ0) is 22.0. The summed E-state index contributed by atoms with van der Waals surface area (Å²) in [5, 5.41) is 11.0. The molecule has 0 aliphatic carbocycles. The SMILES string of the molecule is Cc1cc(N2CCOCC2)nc(N2CCN(S(=O)(=O)c3cccc([N+](=O)[O-])c3)CC2)n1. The molecule has 1 aromatic carbocycles. The predicted molar refractivity (Wildman–Crippen MR) is 114 cm³/mol. The molecule has 0 atom stereocenters. The molecule has 0 spiro atoms. The Bertz CT molecular complexity index is 1070. The molecule has 31 heavy (non-hydrogen) atoms. The molecule has 2 aliphatic heterocycles. The Labute approximate surface area is 180 Å². The van der Waals surface area contributed by atoms with E-state index in [2.05, 4.69) is 9.88 Å². The van der Waals surface area contributed by atoms with Crippen molar-refractivity contribution in [2.24, 2.45) is 0 Å². The van der Waals surface area contributed by atoms with Crippen molar-refractivity contribution >= 4 is 27.5 Å². The van der Waals surface area contributed by atoms with E-state index < -0.39 is 14.9 Å². The Morgan fingerprint density at radius 2 is 1.71 bits per heavy atom. The Balaban J connectivity index is 1.48. The second kappa shape index (κ2) is 8.73. The molecule has 1 aromatic heterocycles. The van der Waals surface area contributed by atoms with Crippen LogP contribution in [-0.2, 0) is 14.8 Å². The van der Waals surface area contributed by atoms with Crippen LogP contribution in [0.5, 0.6) is 0 Å². The third kappa shape index (κ3) is 4.60. The first-order valence-electron chi connectivity index (χ1n) is 10.0. The molecular weight excluding hydrogens is 424 g/mol. The maximum absolute atomic E-state index is 13.0. The zero-order valence-electron chi connectivity index (χ0n) is 17.2. The quantitative estimate of drug-likeness (QED) is 0.488. The number of aryl methyl sites for hydroxylation is 1. The topological polar surface area (TPSA) is 122 Å². The van der Waals surface area contributed by atoms with Gasteiger partial charge in [-0.25, -0.2) is 13.4 Å². The molecule has 2 aliphatic rings. The largest absolute Gasteiger partial charge is 0.378 e. The van der Waals surface area contributed by atoms with Crippen molar-refractivity contribution in [3.8, 4) is 0 Å².